The largest absolute Gasteiger partial charge is 0.478 e. The van der Waals surface area contributed by atoms with E-state index < -0.39 is 31.0 Å². The van der Waals surface area contributed by atoms with Crippen LogP contribution >= 0.6 is 67.8 Å². The SMILES string of the molecule is O=C(CO)NCc1c(I)c(NC(=O)CO)c(I)c(C(=O)O)c1I. The number of rotatable bonds is 6. The van der Waals surface area contributed by atoms with Crippen molar-refractivity contribution in [3.63, 3.8) is 0 Å². The minimum Gasteiger partial charge on any atom is -0.478 e. The van der Waals surface area contributed by atoms with Gasteiger partial charge in [-0.2, -0.15) is 0 Å². The van der Waals surface area contributed by atoms with Crippen molar-refractivity contribution in [2.45, 2.75) is 6.54 Å². The molecule has 5 N–H and O–H groups in total. The Balaban J connectivity index is 3.46. The summed E-state index contributed by atoms with van der Waals surface area (Å²) in [5.41, 5.74) is 0.753. The number of anilines is 1. The number of aliphatic hydroxyl groups excluding tert-OH is 2. The predicted octanol–water partition coefficient (Wildman–Crippen LogP) is 0.738. The Hall–Kier alpha value is -0.260. The van der Waals surface area contributed by atoms with E-state index in [1.807, 2.05) is 67.8 Å². The van der Waals surface area contributed by atoms with Crippen molar-refractivity contribution in [2.75, 3.05) is 18.5 Å². The lowest BCUT2D eigenvalue weighted by Crippen LogP contribution is -2.27. The van der Waals surface area contributed by atoms with Crippen LogP contribution in [-0.4, -0.2) is 46.3 Å². The van der Waals surface area contributed by atoms with E-state index in [-0.39, 0.29) is 17.8 Å². The molecule has 0 aliphatic carbocycles. The van der Waals surface area contributed by atoms with Crippen LogP contribution in [0.5, 0.6) is 0 Å². The lowest BCUT2D eigenvalue weighted by atomic mass is 10.1. The van der Waals surface area contributed by atoms with Crippen molar-refractivity contribution in [1.29, 1.82) is 0 Å². The molecule has 1 aromatic rings. The zero-order valence-electron chi connectivity index (χ0n) is 11.3. The fourth-order valence-corrected chi connectivity index (χ4v) is 5.87. The maximum atomic E-state index is 11.5. The summed E-state index contributed by atoms with van der Waals surface area (Å²) >= 11 is 5.60. The Labute approximate surface area is 171 Å². The molecule has 2 amide bonds. The van der Waals surface area contributed by atoms with Crippen molar-refractivity contribution in [1.82, 2.24) is 5.32 Å². The van der Waals surface area contributed by atoms with Gasteiger partial charge in [-0.05, 0) is 67.8 Å². The van der Waals surface area contributed by atoms with Crippen LogP contribution in [0, 0.1) is 10.7 Å². The molecule has 1 rings (SSSR count). The van der Waals surface area contributed by atoms with Gasteiger partial charge in [0.15, 0.2) is 0 Å². The van der Waals surface area contributed by atoms with Crippen LogP contribution in [0.2, 0.25) is 0 Å². The zero-order valence-corrected chi connectivity index (χ0v) is 17.8. The van der Waals surface area contributed by atoms with Crippen LogP contribution in [-0.2, 0) is 16.1 Å². The second-order valence-corrected chi connectivity index (χ2v) is 7.35. The predicted molar refractivity (Wildman–Crippen MR) is 106 cm³/mol. The molecule has 0 unspecified atom stereocenters. The second-order valence-electron chi connectivity index (χ2n) is 4.12. The summed E-state index contributed by atoms with van der Waals surface area (Å²) in [6, 6.07) is 0. The minimum atomic E-state index is -1.18. The van der Waals surface area contributed by atoms with Crippen molar-refractivity contribution < 1.29 is 29.7 Å². The van der Waals surface area contributed by atoms with E-state index in [2.05, 4.69) is 10.6 Å². The summed E-state index contributed by atoms with van der Waals surface area (Å²) in [4.78, 5) is 34.2. The molecule has 0 aromatic heterocycles. The molecule has 23 heavy (non-hydrogen) atoms. The number of carbonyl (C=O) groups is 3. The van der Waals surface area contributed by atoms with Crippen molar-refractivity contribution in [3.05, 3.63) is 21.8 Å². The van der Waals surface area contributed by atoms with E-state index in [9.17, 15) is 19.5 Å². The van der Waals surface area contributed by atoms with Gasteiger partial charge in [0.05, 0.1) is 14.8 Å². The van der Waals surface area contributed by atoms with Gasteiger partial charge in [-0.15, -0.1) is 0 Å². The molecule has 8 nitrogen and oxygen atoms in total. The molecule has 0 saturated carbocycles. The number of aliphatic hydroxyl groups is 2. The molecule has 0 spiro atoms. The number of carbonyl (C=O) groups excluding carboxylic acids is 2. The fourth-order valence-electron chi connectivity index (χ4n) is 1.59. The molecule has 0 atom stereocenters. The maximum absolute atomic E-state index is 11.5. The van der Waals surface area contributed by atoms with Gasteiger partial charge in [0.1, 0.15) is 13.2 Å². The first-order valence-corrected chi connectivity index (χ1v) is 9.19. The summed E-state index contributed by atoms with van der Waals surface area (Å²) in [7, 11) is 0. The number of benzene rings is 1. The molecule has 1 aromatic carbocycles. The normalized spacial score (nSPS) is 10.3. The van der Waals surface area contributed by atoms with Gasteiger partial charge in [-0.1, -0.05) is 0 Å². The molecule has 0 heterocycles. The topological polar surface area (TPSA) is 136 Å². The molecule has 0 aliphatic heterocycles. The number of carboxylic acid groups (broad SMARTS) is 1. The molecule has 11 heteroatoms. The quantitative estimate of drug-likeness (QED) is 0.286. The third-order valence-corrected chi connectivity index (χ3v) is 6.10. The van der Waals surface area contributed by atoms with Crippen LogP contribution < -0.4 is 10.6 Å². The van der Waals surface area contributed by atoms with Gasteiger partial charge in [0.25, 0.3) is 0 Å². The first kappa shape index (κ1) is 20.8. The van der Waals surface area contributed by atoms with Gasteiger partial charge in [0, 0.05) is 19.2 Å². The molecule has 0 bridgehead atoms. The van der Waals surface area contributed by atoms with E-state index >= 15 is 0 Å². The van der Waals surface area contributed by atoms with Gasteiger partial charge >= 0.3 is 5.97 Å². The van der Waals surface area contributed by atoms with Gasteiger partial charge in [-0.25, -0.2) is 4.79 Å². The number of hydrogen-bond acceptors (Lipinski definition) is 5. The van der Waals surface area contributed by atoms with Crippen molar-refractivity contribution in [2.24, 2.45) is 0 Å². The number of amides is 2. The Bertz CT molecular complexity index is 665. The molecule has 126 valence electrons. The smallest absolute Gasteiger partial charge is 0.337 e. The van der Waals surface area contributed by atoms with Gasteiger partial charge in [-0.3, -0.25) is 9.59 Å². The van der Waals surface area contributed by atoms with Crippen LogP contribution in [0.3, 0.4) is 0 Å². The first-order chi connectivity index (χ1) is 10.7. The van der Waals surface area contributed by atoms with Crippen molar-refractivity contribution >= 4 is 91.2 Å². The number of hydrogen-bond donors (Lipinski definition) is 5. The summed E-state index contributed by atoms with van der Waals surface area (Å²) in [5, 5.41) is 31.9. The van der Waals surface area contributed by atoms with Crippen molar-refractivity contribution in [3.8, 4) is 0 Å². The molecule has 0 aliphatic rings. The second kappa shape index (κ2) is 9.28. The third kappa shape index (κ3) is 5.10. The first-order valence-electron chi connectivity index (χ1n) is 5.95. The fraction of sp³-hybridized carbons (Fsp3) is 0.250. The van der Waals surface area contributed by atoms with E-state index in [0.717, 1.165) is 0 Å². The summed E-state index contributed by atoms with van der Waals surface area (Å²) in [6.07, 6.45) is 0. The lowest BCUT2D eigenvalue weighted by Gasteiger charge is -2.18. The van der Waals surface area contributed by atoms with Crippen LogP contribution in [0.1, 0.15) is 15.9 Å². The van der Waals surface area contributed by atoms with Crippen LogP contribution in [0.15, 0.2) is 0 Å². The third-order valence-electron chi connectivity index (χ3n) is 2.64. The highest BCUT2D eigenvalue weighted by molar-refractivity contribution is 14.1. The van der Waals surface area contributed by atoms with E-state index in [0.29, 0.717) is 16.3 Å². The lowest BCUT2D eigenvalue weighted by molar-refractivity contribution is -0.124. The number of nitrogens with one attached hydrogen (secondary N) is 2. The molecule has 0 saturated heterocycles. The van der Waals surface area contributed by atoms with Gasteiger partial charge < -0.3 is 26.0 Å². The Morgan fingerprint density at radius 2 is 1.48 bits per heavy atom. The molecule has 0 fully saturated rings. The Kier molecular flexibility index (Phi) is 8.39. The van der Waals surface area contributed by atoms with E-state index in [4.69, 9.17) is 10.2 Å². The van der Waals surface area contributed by atoms with E-state index in [1.54, 1.807) is 0 Å². The average molecular weight is 660 g/mol. The van der Waals surface area contributed by atoms with Crippen LogP contribution in [0.4, 0.5) is 5.69 Å². The van der Waals surface area contributed by atoms with E-state index in [1.165, 1.54) is 0 Å². The highest BCUT2D eigenvalue weighted by Crippen LogP contribution is 2.35. The summed E-state index contributed by atoms with van der Waals surface area (Å²) in [6.45, 7) is -1.43. The Morgan fingerprint density at radius 3 is 1.96 bits per heavy atom. The zero-order chi connectivity index (χ0) is 17.7. The maximum Gasteiger partial charge on any atom is 0.337 e. The van der Waals surface area contributed by atoms with Crippen LogP contribution in [0.25, 0.3) is 0 Å². The Morgan fingerprint density at radius 1 is 0.913 bits per heavy atom. The molecular weight excluding hydrogens is 649 g/mol. The number of aromatic carboxylic acids is 1. The highest BCUT2D eigenvalue weighted by Gasteiger charge is 2.25. The molecule has 0 radical (unpaired) electrons. The number of carboxylic acids is 1. The number of halogens is 3. The summed E-state index contributed by atoms with van der Waals surface area (Å²) < 4.78 is 1.29. The minimum absolute atomic E-state index is 0.00483. The molecular formula is C12H11I3N2O6. The highest BCUT2D eigenvalue weighted by atomic mass is 127. The monoisotopic (exact) mass is 660 g/mol. The standard InChI is InChI=1S/C12H11I3N2O6/c13-8-4(1-16-5(20)2-18)9(14)11(17-6(21)3-19)10(15)7(8)12(22)23/h18-19H,1-3H2,(H,16,20)(H,17,21)(H,22,23). The average Bonchev–Trinajstić information content (AvgIpc) is 2.50. The summed E-state index contributed by atoms with van der Waals surface area (Å²) in [5.74, 6) is -2.46. The van der Waals surface area contributed by atoms with Gasteiger partial charge in [0.2, 0.25) is 11.8 Å².